The Labute approximate surface area is 112 Å². The Morgan fingerprint density at radius 1 is 1.33 bits per heavy atom. The molecular weight excluding hydrogens is 224 g/mol. The zero-order valence-corrected chi connectivity index (χ0v) is 12.3. The van der Waals surface area contributed by atoms with E-state index in [2.05, 4.69) is 44.0 Å². The van der Waals surface area contributed by atoms with Crippen LogP contribution in [0.15, 0.2) is 16.7 Å². The third kappa shape index (κ3) is 5.23. The van der Waals surface area contributed by atoms with Crippen LogP contribution in [-0.2, 0) is 13.1 Å². The number of nitrogens with zero attached hydrogens (tertiary/aromatic N) is 1. The number of rotatable bonds is 9. The molecule has 104 valence electrons. The fraction of sp³-hybridized carbons (Fsp3) is 0.733. The number of hydrogen-bond acceptors (Lipinski definition) is 3. The SMILES string of the molecule is CCCNCc1occc1CN(CC)CC(C)C. The van der Waals surface area contributed by atoms with Gasteiger partial charge in [-0.05, 0) is 31.5 Å². The van der Waals surface area contributed by atoms with Crippen LogP contribution in [0.3, 0.4) is 0 Å². The van der Waals surface area contributed by atoms with Crippen LogP contribution >= 0.6 is 0 Å². The van der Waals surface area contributed by atoms with Gasteiger partial charge in [0.2, 0.25) is 0 Å². The molecule has 1 N–H and O–H groups in total. The molecule has 0 bridgehead atoms. The molecular formula is C15H28N2O. The molecule has 0 atom stereocenters. The summed E-state index contributed by atoms with van der Waals surface area (Å²) in [5.41, 5.74) is 1.32. The zero-order valence-electron chi connectivity index (χ0n) is 12.3. The minimum absolute atomic E-state index is 0.707. The summed E-state index contributed by atoms with van der Waals surface area (Å²) in [5, 5.41) is 3.40. The zero-order chi connectivity index (χ0) is 13.4. The molecule has 1 heterocycles. The molecule has 0 aliphatic rings. The normalized spacial score (nSPS) is 11.7. The average Bonchev–Trinajstić information content (AvgIpc) is 2.75. The first-order valence-electron chi connectivity index (χ1n) is 7.15. The van der Waals surface area contributed by atoms with Gasteiger partial charge in [0, 0.05) is 18.7 Å². The lowest BCUT2D eigenvalue weighted by Crippen LogP contribution is -2.27. The van der Waals surface area contributed by atoms with Crippen LogP contribution in [-0.4, -0.2) is 24.5 Å². The van der Waals surface area contributed by atoms with Gasteiger partial charge in [-0.2, -0.15) is 0 Å². The largest absolute Gasteiger partial charge is 0.468 e. The van der Waals surface area contributed by atoms with Crippen molar-refractivity contribution in [2.75, 3.05) is 19.6 Å². The van der Waals surface area contributed by atoms with Crippen LogP contribution in [0, 0.1) is 5.92 Å². The maximum absolute atomic E-state index is 5.57. The van der Waals surface area contributed by atoms with E-state index in [-0.39, 0.29) is 0 Å². The van der Waals surface area contributed by atoms with E-state index in [1.165, 1.54) is 5.56 Å². The van der Waals surface area contributed by atoms with Gasteiger partial charge >= 0.3 is 0 Å². The third-order valence-electron chi connectivity index (χ3n) is 3.01. The molecule has 18 heavy (non-hydrogen) atoms. The Hall–Kier alpha value is -0.800. The molecule has 0 radical (unpaired) electrons. The summed E-state index contributed by atoms with van der Waals surface area (Å²) in [4.78, 5) is 2.47. The Morgan fingerprint density at radius 3 is 2.72 bits per heavy atom. The predicted molar refractivity (Wildman–Crippen MR) is 76.5 cm³/mol. The first-order valence-corrected chi connectivity index (χ1v) is 7.15. The van der Waals surface area contributed by atoms with Crippen molar-refractivity contribution >= 4 is 0 Å². The summed E-state index contributed by atoms with van der Waals surface area (Å²) in [7, 11) is 0. The minimum Gasteiger partial charge on any atom is -0.468 e. The standard InChI is InChI=1S/C15H28N2O/c1-5-8-16-10-15-14(7-9-18-15)12-17(6-2)11-13(3)4/h7,9,13,16H,5-6,8,10-12H2,1-4H3. The molecule has 3 heteroatoms. The lowest BCUT2D eigenvalue weighted by molar-refractivity contribution is 0.246. The van der Waals surface area contributed by atoms with Gasteiger partial charge in [0.1, 0.15) is 5.76 Å². The second kappa shape index (κ2) is 8.33. The van der Waals surface area contributed by atoms with Gasteiger partial charge in [-0.25, -0.2) is 0 Å². The van der Waals surface area contributed by atoms with E-state index in [1.807, 2.05) is 6.26 Å². The van der Waals surface area contributed by atoms with Gasteiger partial charge in [-0.15, -0.1) is 0 Å². The Balaban J connectivity index is 2.51. The Morgan fingerprint density at radius 2 is 2.11 bits per heavy atom. The van der Waals surface area contributed by atoms with E-state index in [0.717, 1.165) is 44.9 Å². The van der Waals surface area contributed by atoms with E-state index < -0.39 is 0 Å². The van der Waals surface area contributed by atoms with Crippen LogP contribution in [0.1, 0.15) is 45.4 Å². The lowest BCUT2D eigenvalue weighted by atomic mass is 10.1. The molecule has 0 aliphatic carbocycles. The maximum Gasteiger partial charge on any atom is 0.122 e. The smallest absolute Gasteiger partial charge is 0.122 e. The summed E-state index contributed by atoms with van der Waals surface area (Å²) in [6.45, 7) is 14.0. The number of nitrogens with one attached hydrogen (secondary N) is 1. The second-order valence-electron chi connectivity index (χ2n) is 5.27. The summed E-state index contributed by atoms with van der Waals surface area (Å²) in [6, 6.07) is 2.10. The summed E-state index contributed by atoms with van der Waals surface area (Å²) < 4.78 is 5.57. The summed E-state index contributed by atoms with van der Waals surface area (Å²) in [5.74, 6) is 1.80. The maximum atomic E-state index is 5.57. The molecule has 0 saturated carbocycles. The van der Waals surface area contributed by atoms with Crippen LogP contribution < -0.4 is 5.32 Å². The molecule has 0 saturated heterocycles. The second-order valence-corrected chi connectivity index (χ2v) is 5.27. The molecule has 0 aliphatic heterocycles. The van der Waals surface area contributed by atoms with Crippen molar-refractivity contribution in [3.05, 3.63) is 23.7 Å². The molecule has 1 rings (SSSR count). The van der Waals surface area contributed by atoms with E-state index in [1.54, 1.807) is 0 Å². The van der Waals surface area contributed by atoms with Crippen LogP contribution in [0.2, 0.25) is 0 Å². The fourth-order valence-electron chi connectivity index (χ4n) is 2.10. The molecule has 0 amide bonds. The Bertz CT molecular complexity index is 320. The molecule has 0 unspecified atom stereocenters. The molecule has 0 aromatic carbocycles. The summed E-state index contributed by atoms with van der Waals surface area (Å²) in [6.07, 6.45) is 2.96. The first kappa shape index (κ1) is 15.3. The highest BCUT2D eigenvalue weighted by atomic mass is 16.3. The van der Waals surface area contributed by atoms with E-state index in [4.69, 9.17) is 4.42 Å². The molecule has 0 spiro atoms. The molecule has 1 aromatic rings. The van der Waals surface area contributed by atoms with Crippen molar-refractivity contribution in [1.29, 1.82) is 0 Å². The monoisotopic (exact) mass is 252 g/mol. The van der Waals surface area contributed by atoms with Gasteiger partial charge < -0.3 is 9.73 Å². The van der Waals surface area contributed by atoms with Crippen molar-refractivity contribution in [2.45, 2.75) is 47.2 Å². The van der Waals surface area contributed by atoms with E-state index in [9.17, 15) is 0 Å². The number of hydrogen-bond donors (Lipinski definition) is 1. The average molecular weight is 252 g/mol. The Kier molecular flexibility index (Phi) is 7.06. The van der Waals surface area contributed by atoms with Crippen molar-refractivity contribution in [1.82, 2.24) is 10.2 Å². The fourth-order valence-corrected chi connectivity index (χ4v) is 2.10. The van der Waals surface area contributed by atoms with Gasteiger partial charge in [0.05, 0.1) is 12.8 Å². The van der Waals surface area contributed by atoms with Crippen molar-refractivity contribution in [3.8, 4) is 0 Å². The van der Waals surface area contributed by atoms with Gasteiger partial charge in [0.15, 0.2) is 0 Å². The van der Waals surface area contributed by atoms with Crippen molar-refractivity contribution in [3.63, 3.8) is 0 Å². The van der Waals surface area contributed by atoms with Gasteiger partial charge in [-0.3, -0.25) is 4.90 Å². The van der Waals surface area contributed by atoms with Crippen LogP contribution in [0.4, 0.5) is 0 Å². The third-order valence-corrected chi connectivity index (χ3v) is 3.01. The molecule has 3 nitrogen and oxygen atoms in total. The predicted octanol–water partition coefficient (Wildman–Crippen LogP) is 3.26. The minimum atomic E-state index is 0.707. The first-order chi connectivity index (χ1) is 8.67. The van der Waals surface area contributed by atoms with Gasteiger partial charge in [0.25, 0.3) is 0 Å². The van der Waals surface area contributed by atoms with Gasteiger partial charge in [-0.1, -0.05) is 27.7 Å². The highest BCUT2D eigenvalue weighted by molar-refractivity contribution is 5.16. The summed E-state index contributed by atoms with van der Waals surface area (Å²) >= 11 is 0. The van der Waals surface area contributed by atoms with Crippen LogP contribution in [0.5, 0.6) is 0 Å². The van der Waals surface area contributed by atoms with Crippen molar-refractivity contribution < 1.29 is 4.42 Å². The lowest BCUT2D eigenvalue weighted by Gasteiger charge is -2.22. The molecule has 0 fully saturated rings. The van der Waals surface area contributed by atoms with Crippen LogP contribution in [0.25, 0.3) is 0 Å². The highest BCUT2D eigenvalue weighted by Gasteiger charge is 2.11. The quantitative estimate of drug-likeness (QED) is 0.684. The van der Waals surface area contributed by atoms with E-state index >= 15 is 0 Å². The number of furan rings is 1. The topological polar surface area (TPSA) is 28.4 Å². The molecule has 1 aromatic heterocycles. The highest BCUT2D eigenvalue weighted by Crippen LogP contribution is 2.14. The van der Waals surface area contributed by atoms with Crippen molar-refractivity contribution in [2.24, 2.45) is 5.92 Å². The van der Waals surface area contributed by atoms with E-state index in [0.29, 0.717) is 5.92 Å².